The van der Waals surface area contributed by atoms with Crippen molar-refractivity contribution in [3.05, 3.63) is 54.1 Å². The van der Waals surface area contributed by atoms with Crippen molar-refractivity contribution in [1.82, 2.24) is 4.72 Å². The lowest BCUT2D eigenvalue weighted by molar-refractivity contribution is 0.102. The molecule has 0 aliphatic heterocycles. The molecule has 25 heavy (non-hydrogen) atoms. The number of thioether (sulfide) groups is 1. The topological polar surface area (TPSA) is 99.1 Å². The molecule has 0 radical (unpaired) electrons. The minimum atomic E-state index is -3.68. The molecule has 2 rings (SSSR count). The van der Waals surface area contributed by atoms with Crippen molar-refractivity contribution in [3.8, 4) is 6.07 Å². The fourth-order valence-corrected chi connectivity index (χ4v) is 3.51. The summed E-state index contributed by atoms with van der Waals surface area (Å²) in [7, 11) is -3.68. The van der Waals surface area contributed by atoms with Gasteiger partial charge in [0.05, 0.1) is 11.0 Å². The van der Waals surface area contributed by atoms with E-state index in [1.165, 1.54) is 24.3 Å². The van der Waals surface area contributed by atoms with E-state index in [1.807, 2.05) is 30.5 Å². The first-order valence-corrected chi connectivity index (χ1v) is 10.1. The molecule has 0 heterocycles. The number of hydrogen-bond acceptors (Lipinski definition) is 5. The summed E-state index contributed by atoms with van der Waals surface area (Å²) in [6.07, 6.45) is 2.04. The first-order chi connectivity index (χ1) is 12.0. The Labute approximate surface area is 151 Å². The standard InChI is InChI=1S/C17H17N3O3S2/c1-24-15-5-2-4-14(12-15)20-17(21)13-6-8-16(9-7-13)25(22,23)19-11-3-10-18/h2,4-9,12,19H,3,11H2,1H3,(H,20,21). The van der Waals surface area contributed by atoms with E-state index in [1.54, 1.807) is 17.8 Å². The molecule has 0 spiro atoms. The zero-order valence-electron chi connectivity index (χ0n) is 13.5. The number of amides is 1. The van der Waals surface area contributed by atoms with Crippen molar-refractivity contribution >= 4 is 33.4 Å². The molecular weight excluding hydrogens is 358 g/mol. The van der Waals surface area contributed by atoms with Gasteiger partial charge in [0.2, 0.25) is 10.0 Å². The number of benzene rings is 2. The zero-order chi connectivity index (χ0) is 18.3. The molecule has 1 amide bonds. The third-order valence-corrected chi connectivity index (χ3v) is 5.49. The van der Waals surface area contributed by atoms with Crippen molar-refractivity contribution in [2.45, 2.75) is 16.2 Å². The van der Waals surface area contributed by atoms with Crippen molar-refractivity contribution < 1.29 is 13.2 Å². The van der Waals surface area contributed by atoms with Crippen molar-refractivity contribution in [2.75, 3.05) is 18.1 Å². The van der Waals surface area contributed by atoms with Crippen LogP contribution in [-0.2, 0) is 10.0 Å². The number of carbonyl (C=O) groups is 1. The Kier molecular flexibility index (Phi) is 6.58. The van der Waals surface area contributed by atoms with Gasteiger partial charge in [-0.25, -0.2) is 13.1 Å². The first-order valence-electron chi connectivity index (χ1n) is 7.38. The number of rotatable bonds is 7. The van der Waals surface area contributed by atoms with E-state index in [0.29, 0.717) is 11.3 Å². The van der Waals surface area contributed by atoms with Crippen LogP contribution in [0, 0.1) is 11.3 Å². The van der Waals surface area contributed by atoms with Crippen LogP contribution in [0.3, 0.4) is 0 Å². The summed E-state index contributed by atoms with van der Waals surface area (Å²) in [4.78, 5) is 13.3. The van der Waals surface area contributed by atoms with Crippen LogP contribution in [0.15, 0.2) is 58.3 Å². The maximum Gasteiger partial charge on any atom is 0.255 e. The minimum Gasteiger partial charge on any atom is -0.322 e. The maximum absolute atomic E-state index is 12.3. The van der Waals surface area contributed by atoms with Crippen LogP contribution in [0.4, 0.5) is 5.69 Å². The Morgan fingerprint density at radius 1 is 1.20 bits per heavy atom. The van der Waals surface area contributed by atoms with E-state index in [-0.39, 0.29) is 23.8 Å². The maximum atomic E-state index is 12.3. The van der Waals surface area contributed by atoms with Crippen LogP contribution in [0.1, 0.15) is 16.8 Å². The number of anilines is 1. The van der Waals surface area contributed by atoms with E-state index in [9.17, 15) is 13.2 Å². The first kappa shape index (κ1) is 19.0. The van der Waals surface area contributed by atoms with E-state index in [2.05, 4.69) is 10.0 Å². The summed E-state index contributed by atoms with van der Waals surface area (Å²) in [5.74, 6) is -0.320. The second-order valence-corrected chi connectivity index (χ2v) is 7.66. The lowest BCUT2D eigenvalue weighted by atomic mass is 10.2. The average molecular weight is 375 g/mol. The molecule has 0 saturated heterocycles. The Bertz CT molecular complexity index is 888. The predicted octanol–water partition coefficient (Wildman–Crippen LogP) is 2.85. The fraction of sp³-hybridized carbons (Fsp3) is 0.176. The van der Waals surface area contributed by atoms with Crippen LogP contribution in [0.2, 0.25) is 0 Å². The summed E-state index contributed by atoms with van der Waals surface area (Å²) in [5, 5.41) is 11.2. The minimum absolute atomic E-state index is 0.0476. The highest BCUT2D eigenvalue weighted by Crippen LogP contribution is 2.20. The van der Waals surface area contributed by atoms with Gasteiger partial charge in [-0.1, -0.05) is 6.07 Å². The van der Waals surface area contributed by atoms with Gasteiger partial charge in [0.15, 0.2) is 0 Å². The summed E-state index contributed by atoms with van der Waals surface area (Å²) >= 11 is 1.57. The van der Waals surface area contributed by atoms with Gasteiger partial charge in [0, 0.05) is 29.1 Å². The molecule has 0 aromatic heterocycles. The summed E-state index contributed by atoms with van der Waals surface area (Å²) < 4.78 is 26.4. The van der Waals surface area contributed by atoms with Gasteiger partial charge in [-0.15, -0.1) is 11.8 Å². The van der Waals surface area contributed by atoms with Gasteiger partial charge >= 0.3 is 0 Å². The monoisotopic (exact) mass is 375 g/mol. The molecule has 2 N–H and O–H groups in total. The normalized spacial score (nSPS) is 10.9. The second kappa shape index (κ2) is 8.67. The highest BCUT2D eigenvalue weighted by molar-refractivity contribution is 7.98. The molecule has 0 unspecified atom stereocenters. The Hall–Kier alpha value is -2.34. The lowest BCUT2D eigenvalue weighted by Gasteiger charge is -2.08. The molecule has 0 aliphatic rings. The van der Waals surface area contributed by atoms with Crippen LogP contribution < -0.4 is 10.0 Å². The Balaban J connectivity index is 2.08. The largest absolute Gasteiger partial charge is 0.322 e. The molecular formula is C17H17N3O3S2. The van der Waals surface area contributed by atoms with Crippen LogP contribution in [0.25, 0.3) is 0 Å². The number of nitrogens with one attached hydrogen (secondary N) is 2. The van der Waals surface area contributed by atoms with E-state index < -0.39 is 10.0 Å². The second-order valence-electron chi connectivity index (χ2n) is 5.02. The van der Waals surface area contributed by atoms with Crippen LogP contribution in [0.5, 0.6) is 0 Å². The Morgan fingerprint density at radius 2 is 1.92 bits per heavy atom. The van der Waals surface area contributed by atoms with E-state index >= 15 is 0 Å². The third kappa shape index (κ3) is 5.32. The number of hydrogen-bond donors (Lipinski definition) is 2. The van der Waals surface area contributed by atoms with Gasteiger partial charge < -0.3 is 5.32 Å². The molecule has 0 bridgehead atoms. The number of sulfonamides is 1. The summed E-state index contributed by atoms with van der Waals surface area (Å²) in [6, 6.07) is 14.9. The highest BCUT2D eigenvalue weighted by Gasteiger charge is 2.14. The Morgan fingerprint density at radius 3 is 2.56 bits per heavy atom. The van der Waals surface area contributed by atoms with Crippen LogP contribution in [-0.4, -0.2) is 27.1 Å². The SMILES string of the molecule is CSc1cccc(NC(=O)c2ccc(S(=O)(=O)NCCC#N)cc2)c1. The van der Waals surface area contributed by atoms with Gasteiger partial charge in [-0.3, -0.25) is 4.79 Å². The smallest absolute Gasteiger partial charge is 0.255 e. The molecule has 2 aromatic carbocycles. The summed E-state index contributed by atoms with van der Waals surface area (Å²) in [5.41, 5.74) is 1.03. The number of nitrogens with zero attached hydrogens (tertiary/aromatic N) is 1. The molecule has 8 heteroatoms. The van der Waals surface area contributed by atoms with Gasteiger partial charge in [-0.05, 0) is 48.7 Å². The number of carbonyl (C=O) groups excluding carboxylic acids is 1. The van der Waals surface area contributed by atoms with Gasteiger partial charge in [-0.2, -0.15) is 5.26 Å². The van der Waals surface area contributed by atoms with E-state index in [4.69, 9.17) is 5.26 Å². The summed E-state index contributed by atoms with van der Waals surface area (Å²) in [6.45, 7) is 0.0485. The zero-order valence-corrected chi connectivity index (χ0v) is 15.2. The quantitative estimate of drug-likeness (QED) is 0.573. The van der Waals surface area contributed by atoms with Crippen molar-refractivity contribution in [2.24, 2.45) is 0 Å². The van der Waals surface area contributed by atoms with Gasteiger partial charge in [0.1, 0.15) is 0 Å². The molecule has 130 valence electrons. The molecule has 6 nitrogen and oxygen atoms in total. The molecule has 2 aromatic rings. The van der Waals surface area contributed by atoms with Gasteiger partial charge in [0.25, 0.3) is 5.91 Å². The molecule has 0 atom stereocenters. The highest BCUT2D eigenvalue weighted by atomic mass is 32.2. The van der Waals surface area contributed by atoms with E-state index in [0.717, 1.165) is 4.90 Å². The molecule has 0 aliphatic carbocycles. The van der Waals surface area contributed by atoms with Crippen LogP contribution >= 0.6 is 11.8 Å². The molecule has 0 fully saturated rings. The number of nitriles is 1. The fourth-order valence-electron chi connectivity index (χ4n) is 2.01. The molecule has 0 saturated carbocycles. The average Bonchev–Trinajstić information content (AvgIpc) is 2.62. The lowest BCUT2D eigenvalue weighted by Crippen LogP contribution is -2.24. The third-order valence-electron chi connectivity index (χ3n) is 3.28. The predicted molar refractivity (Wildman–Crippen MR) is 98.0 cm³/mol. The van der Waals surface area contributed by atoms with Crippen molar-refractivity contribution in [1.29, 1.82) is 5.26 Å². The van der Waals surface area contributed by atoms with Crippen molar-refractivity contribution in [3.63, 3.8) is 0 Å².